The Morgan fingerprint density at radius 2 is 2.18 bits per heavy atom. The van der Waals surface area contributed by atoms with Crippen LogP contribution in [-0.4, -0.2) is 28.1 Å². The van der Waals surface area contributed by atoms with Gasteiger partial charge in [0.25, 0.3) is 5.91 Å². The number of rotatable bonds is 7. The number of ether oxygens (including phenoxy) is 1. The van der Waals surface area contributed by atoms with Gasteiger partial charge in [-0.2, -0.15) is 0 Å². The van der Waals surface area contributed by atoms with Crippen LogP contribution in [0.4, 0.5) is 0 Å². The first-order chi connectivity index (χ1) is 10.6. The van der Waals surface area contributed by atoms with Crippen LogP contribution in [0.15, 0.2) is 36.9 Å². The van der Waals surface area contributed by atoms with Gasteiger partial charge in [0.05, 0.1) is 6.33 Å². The highest BCUT2D eigenvalue weighted by Gasteiger charge is 2.14. The minimum atomic E-state index is -0.504. The van der Waals surface area contributed by atoms with Crippen LogP contribution >= 0.6 is 0 Å². The van der Waals surface area contributed by atoms with Crippen molar-refractivity contribution in [3.8, 4) is 5.75 Å². The van der Waals surface area contributed by atoms with Crippen LogP contribution in [-0.2, 0) is 11.3 Å². The highest BCUT2D eigenvalue weighted by atomic mass is 16.5. The van der Waals surface area contributed by atoms with Gasteiger partial charge in [-0.25, -0.2) is 4.98 Å². The fourth-order valence-electron chi connectivity index (χ4n) is 2.08. The molecule has 0 aliphatic carbocycles. The van der Waals surface area contributed by atoms with Gasteiger partial charge in [-0.15, -0.1) is 0 Å². The van der Waals surface area contributed by atoms with Crippen LogP contribution in [0.5, 0.6) is 5.75 Å². The van der Waals surface area contributed by atoms with Crippen molar-refractivity contribution in [3.05, 3.63) is 48.0 Å². The zero-order chi connectivity index (χ0) is 15.9. The molecule has 0 unspecified atom stereocenters. The zero-order valence-corrected chi connectivity index (χ0v) is 13.4. The van der Waals surface area contributed by atoms with Gasteiger partial charge in [0.1, 0.15) is 5.75 Å². The number of amides is 1. The van der Waals surface area contributed by atoms with E-state index in [4.69, 9.17) is 4.74 Å². The lowest BCUT2D eigenvalue weighted by Gasteiger charge is -2.15. The summed E-state index contributed by atoms with van der Waals surface area (Å²) in [5, 5.41) is 2.89. The van der Waals surface area contributed by atoms with Crippen molar-refractivity contribution >= 4 is 5.91 Å². The van der Waals surface area contributed by atoms with Crippen molar-refractivity contribution in [1.29, 1.82) is 0 Å². The maximum Gasteiger partial charge on any atom is 0.260 e. The molecule has 0 aliphatic rings. The molecular formula is C17H23N3O2. The van der Waals surface area contributed by atoms with E-state index in [9.17, 15) is 4.79 Å². The summed E-state index contributed by atoms with van der Waals surface area (Å²) in [6, 6.07) is 5.85. The number of nitrogens with one attached hydrogen (secondary N) is 1. The highest BCUT2D eigenvalue weighted by molar-refractivity contribution is 5.80. The molecule has 118 valence electrons. The number of benzene rings is 1. The summed E-state index contributed by atoms with van der Waals surface area (Å²) in [6.07, 6.45) is 5.78. The Hall–Kier alpha value is -2.30. The molecule has 22 heavy (non-hydrogen) atoms. The molecule has 1 heterocycles. The molecular weight excluding hydrogens is 278 g/mol. The Balaban J connectivity index is 1.73. The van der Waals surface area contributed by atoms with Gasteiger partial charge in [-0.1, -0.05) is 6.07 Å². The summed E-state index contributed by atoms with van der Waals surface area (Å²) < 4.78 is 7.67. The van der Waals surface area contributed by atoms with E-state index in [2.05, 4.69) is 17.2 Å². The molecule has 1 amide bonds. The second-order valence-electron chi connectivity index (χ2n) is 5.45. The molecule has 2 rings (SSSR count). The maximum absolute atomic E-state index is 12.0. The lowest BCUT2D eigenvalue weighted by Crippen LogP contribution is -2.37. The lowest BCUT2D eigenvalue weighted by molar-refractivity contribution is -0.127. The van der Waals surface area contributed by atoms with Crippen LogP contribution in [0.2, 0.25) is 0 Å². The lowest BCUT2D eigenvalue weighted by atomic mass is 10.1. The molecule has 0 bridgehead atoms. The summed E-state index contributed by atoms with van der Waals surface area (Å²) in [5.74, 6) is 0.632. The van der Waals surface area contributed by atoms with E-state index in [1.807, 2.05) is 35.9 Å². The van der Waals surface area contributed by atoms with E-state index in [0.29, 0.717) is 6.54 Å². The van der Waals surface area contributed by atoms with E-state index in [0.717, 1.165) is 24.3 Å². The van der Waals surface area contributed by atoms with Crippen LogP contribution in [0, 0.1) is 13.8 Å². The Kier molecular flexibility index (Phi) is 5.58. The molecule has 0 spiro atoms. The molecule has 0 radical (unpaired) electrons. The number of carbonyl (C=O) groups excluding carboxylic acids is 1. The highest BCUT2D eigenvalue weighted by Crippen LogP contribution is 2.17. The Morgan fingerprint density at radius 1 is 1.36 bits per heavy atom. The quantitative estimate of drug-likeness (QED) is 0.799. The Bertz CT molecular complexity index is 608. The third-order valence-electron chi connectivity index (χ3n) is 3.61. The average Bonchev–Trinajstić information content (AvgIpc) is 3.00. The fourth-order valence-corrected chi connectivity index (χ4v) is 2.08. The number of hydrogen-bond donors (Lipinski definition) is 1. The second kappa shape index (κ2) is 7.64. The van der Waals surface area contributed by atoms with Crippen LogP contribution in [0.1, 0.15) is 24.5 Å². The maximum atomic E-state index is 12.0. The van der Waals surface area contributed by atoms with E-state index in [1.54, 1.807) is 19.4 Å². The standard InChI is InChI=1S/C17H23N3O2/c1-13-5-6-16(11-14(13)2)22-15(3)17(21)19-7-4-9-20-10-8-18-12-20/h5-6,8,10-12,15H,4,7,9H2,1-3H3,(H,19,21)/t15-/m1/s1. The number of hydrogen-bond acceptors (Lipinski definition) is 3. The van der Waals surface area contributed by atoms with E-state index in [-0.39, 0.29) is 5.91 Å². The summed E-state index contributed by atoms with van der Waals surface area (Å²) in [6.45, 7) is 7.31. The van der Waals surface area contributed by atoms with Gasteiger partial charge in [-0.3, -0.25) is 4.79 Å². The van der Waals surface area contributed by atoms with Crippen LogP contribution in [0.3, 0.4) is 0 Å². The van der Waals surface area contributed by atoms with Gasteiger partial charge >= 0.3 is 0 Å². The summed E-state index contributed by atoms with van der Waals surface area (Å²) in [5.41, 5.74) is 2.37. The molecule has 1 aromatic carbocycles. The monoisotopic (exact) mass is 301 g/mol. The number of nitrogens with zero attached hydrogens (tertiary/aromatic N) is 2. The summed E-state index contributed by atoms with van der Waals surface area (Å²) in [4.78, 5) is 16.0. The molecule has 5 heteroatoms. The summed E-state index contributed by atoms with van der Waals surface area (Å²) >= 11 is 0. The molecule has 1 aromatic heterocycles. The molecule has 0 aliphatic heterocycles. The molecule has 0 saturated carbocycles. The largest absolute Gasteiger partial charge is 0.481 e. The van der Waals surface area contributed by atoms with Crippen molar-refractivity contribution in [1.82, 2.24) is 14.9 Å². The first kappa shape index (κ1) is 16.1. The van der Waals surface area contributed by atoms with E-state index >= 15 is 0 Å². The first-order valence-electron chi connectivity index (χ1n) is 7.53. The van der Waals surface area contributed by atoms with Crippen molar-refractivity contribution in [3.63, 3.8) is 0 Å². The Morgan fingerprint density at radius 3 is 2.86 bits per heavy atom. The van der Waals surface area contributed by atoms with Gasteiger partial charge in [0.15, 0.2) is 6.10 Å². The molecule has 1 atom stereocenters. The van der Waals surface area contributed by atoms with Gasteiger partial charge in [0, 0.05) is 25.5 Å². The number of carbonyl (C=O) groups is 1. The van der Waals surface area contributed by atoms with Crippen molar-refractivity contribution in [2.45, 2.75) is 39.8 Å². The molecule has 5 nitrogen and oxygen atoms in total. The Labute approximate surface area is 131 Å². The minimum absolute atomic E-state index is 0.0936. The third-order valence-corrected chi connectivity index (χ3v) is 3.61. The van der Waals surface area contributed by atoms with Crippen molar-refractivity contribution < 1.29 is 9.53 Å². The summed E-state index contributed by atoms with van der Waals surface area (Å²) in [7, 11) is 0. The van der Waals surface area contributed by atoms with Gasteiger partial charge in [-0.05, 0) is 50.5 Å². The smallest absolute Gasteiger partial charge is 0.260 e. The molecule has 0 saturated heterocycles. The van der Waals surface area contributed by atoms with Gasteiger partial charge < -0.3 is 14.6 Å². The normalized spacial score (nSPS) is 12.0. The number of imidazole rings is 1. The van der Waals surface area contributed by atoms with Crippen LogP contribution < -0.4 is 10.1 Å². The molecule has 1 N–H and O–H groups in total. The second-order valence-corrected chi connectivity index (χ2v) is 5.45. The minimum Gasteiger partial charge on any atom is -0.481 e. The van der Waals surface area contributed by atoms with Crippen LogP contribution in [0.25, 0.3) is 0 Å². The van der Waals surface area contributed by atoms with Crippen molar-refractivity contribution in [2.24, 2.45) is 0 Å². The fraction of sp³-hybridized carbons (Fsp3) is 0.412. The predicted molar refractivity (Wildman–Crippen MR) is 85.9 cm³/mol. The molecule has 0 fully saturated rings. The zero-order valence-electron chi connectivity index (χ0n) is 13.4. The SMILES string of the molecule is Cc1ccc(O[C@H](C)C(=O)NCCCn2ccnc2)cc1C. The number of aryl methyl sites for hydroxylation is 3. The predicted octanol–water partition coefficient (Wildman–Crippen LogP) is 2.47. The van der Waals surface area contributed by atoms with Crippen molar-refractivity contribution in [2.75, 3.05) is 6.54 Å². The number of aromatic nitrogens is 2. The topological polar surface area (TPSA) is 56.1 Å². The average molecular weight is 301 g/mol. The molecule has 2 aromatic rings. The van der Waals surface area contributed by atoms with E-state index in [1.165, 1.54) is 5.56 Å². The first-order valence-corrected chi connectivity index (χ1v) is 7.53. The van der Waals surface area contributed by atoms with E-state index < -0.39 is 6.10 Å². The third kappa shape index (κ3) is 4.62. The van der Waals surface area contributed by atoms with Gasteiger partial charge in [0.2, 0.25) is 0 Å².